The van der Waals surface area contributed by atoms with Crippen molar-refractivity contribution >= 4 is 5.91 Å². The number of carbonyl (C=O) groups excluding carboxylic acids is 1. The molecule has 0 aliphatic carbocycles. The highest BCUT2D eigenvalue weighted by atomic mass is 16.5. The van der Waals surface area contributed by atoms with E-state index in [0.717, 1.165) is 36.3 Å². The van der Waals surface area contributed by atoms with E-state index in [4.69, 9.17) is 9.26 Å². The number of nitrogens with zero attached hydrogens (tertiary/aromatic N) is 5. The van der Waals surface area contributed by atoms with Crippen LogP contribution in [0.15, 0.2) is 41.3 Å². The fraction of sp³-hybridized carbons (Fsp3) is 0.381. The third-order valence-corrected chi connectivity index (χ3v) is 5.16. The van der Waals surface area contributed by atoms with Crippen LogP contribution in [0.5, 0.6) is 11.6 Å². The number of pyridine rings is 1. The predicted molar refractivity (Wildman–Crippen MR) is 105 cm³/mol. The van der Waals surface area contributed by atoms with Crippen molar-refractivity contribution in [1.29, 1.82) is 0 Å². The number of piperidine rings is 1. The quantitative estimate of drug-likeness (QED) is 0.654. The summed E-state index contributed by atoms with van der Waals surface area (Å²) in [5.74, 6) is 1.52. The van der Waals surface area contributed by atoms with Gasteiger partial charge in [-0.05, 0) is 38.3 Å². The SMILES string of the molecule is CCc1cc(C(=O)N2CCC(c3nccnc3Oc3cccnc3C)CC2)on1. The highest BCUT2D eigenvalue weighted by molar-refractivity contribution is 5.91. The van der Waals surface area contributed by atoms with Gasteiger partial charge in [0.15, 0.2) is 5.75 Å². The van der Waals surface area contributed by atoms with Crippen molar-refractivity contribution in [1.82, 2.24) is 25.0 Å². The molecule has 0 unspecified atom stereocenters. The third kappa shape index (κ3) is 4.11. The lowest BCUT2D eigenvalue weighted by Gasteiger charge is -2.31. The van der Waals surface area contributed by atoms with Crippen LogP contribution in [0.3, 0.4) is 0 Å². The van der Waals surface area contributed by atoms with Crippen molar-refractivity contribution in [2.24, 2.45) is 0 Å². The van der Waals surface area contributed by atoms with Crippen LogP contribution in [-0.4, -0.2) is 44.0 Å². The molecule has 3 aromatic heterocycles. The maximum Gasteiger partial charge on any atom is 0.292 e. The number of amides is 1. The van der Waals surface area contributed by atoms with Crippen molar-refractivity contribution in [3.8, 4) is 11.6 Å². The smallest absolute Gasteiger partial charge is 0.292 e. The van der Waals surface area contributed by atoms with Crippen molar-refractivity contribution in [3.63, 3.8) is 0 Å². The van der Waals surface area contributed by atoms with Crippen LogP contribution >= 0.6 is 0 Å². The lowest BCUT2D eigenvalue weighted by Crippen LogP contribution is -2.38. The summed E-state index contributed by atoms with van der Waals surface area (Å²) < 4.78 is 11.2. The van der Waals surface area contributed by atoms with Gasteiger partial charge in [-0.25, -0.2) is 4.98 Å². The minimum atomic E-state index is -0.114. The van der Waals surface area contributed by atoms with E-state index in [1.807, 2.05) is 26.0 Å². The van der Waals surface area contributed by atoms with Gasteiger partial charge in [-0.3, -0.25) is 14.8 Å². The molecule has 1 fully saturated rings. The molecule has 0 N–H and O–H groups in total. The molecule has 4 rings (SSSR count). The van der Waals surface area contributed by atoms with Crippen LogP contribution in [-0.2, 0) is 6.42 Å². The van der Waals surface area contributed by atoms with Gasteiger partial charge in [0.25, 0.3) is 5.91 Å². The molecular weight excluding hydrogens is 370 g/mol. The Morgan fingerprint density at radius 3 is 2.72 bits per heavy atom. The average molecular weight is 393 g/mol. The number of aromatic nitrogens is 4. The molecule has 0 spiro atoms. The Hall–Kier alpha value is -3.29. The molecule has 0 saturated carbocycles. The summed E-state index contributed by atoms with van der Waals surface area (Å²) in [7, 11) is 0. The first-order chi connectivity index (χ1) is 14.2. The van der Waals surface area contributed by atoms with E-state index in [1.54, 1.807) is 29.6 Å². The predicted octanol–water partition coefficient (Wildman–Crippen LogP) is 3.54. The van der Waals surface area contributed by atoms with Gasteiger partial charge in [0.05, 0.1) is 11.4 Å². The van der Waals surface area contributed by atoms with Crippen molar-refractivity contribution < 1.29 is 14.1 Å². The monoisotopic (exact) mass is 393 g/mol. The average Bonchev–Trinajstić information content (AvgIpc) is 3.25. The maximum absolute atomic E-state index is 12.7. The molecule has 0 atom stereocenters. The van der Waals surface area contributed by atoms with Crippen molar-refractivity contribution in [2.45, 2.75) is 39.0 Å². The fourth-order valence-corrected chi connectivity index (χ4v) is 3.47. The number of aryl methyl sites for hydroxylation is 2. The maximum atomic E-state index is 12.7. The highest BCUT2D eigenvalue weighted by Crippen LogP contribution is 2.34. The fourth-order valence-electron chi connectivity index (χ4n) is 3.47. The molecule has 150 valence electrons. The van der Waals surface area contributed by atoms with E-state index >= 15 is 0 Å². The minimum absolute atomic E-state index is 0.114. The van der Waals surface area contributed by atoms with E-state index < -0.39 is 0 Å². The molecule has 0 aromatic carbocycles. The van der Waals surface area contributed by atoms with Gasteiger partial charge in [0, 0.05) is 43.7 Å². The first-order valence-electron chi connectivity index (χ1n) is 9.81. The van der Waals surface area contributed by atoms with Crippen LogP contribution in [0.1, 0.15) is 53.3 Å². The van der Waals surface area contributed by atoms with Gasteiger partial charge in [0.1, 0.15) is 5.69 Å². The van der Waals surface area contributed by atoms with Crippen LogP contribution in [0.2, 0.25) is 0 Å². The van der Waals surface area contributed by atoms with Gasteiger partial charge in [-0.2, -0.15) is 0 Å². The van der Waals surface area contributed by atoms with Gasteiger partial charge in [-0.15, -0.1) is 0 Å². The summed E-state index contributed by atoms with van der Waals surface area (Å²) in [4.78, 5) is 27.6. The lowest BCUT2D eigenvalue weighted by atomic mass is 9.93. The number of ether oxygens (including phenoxy) is 1. The molecular formula is C21H23N5O3. The zero-order valence-corrected chi connectivity index (χ0v) is 16.5. The van der Waals surface area contributed by atoms with E-state index in [1.165, 1.54) is 0 Å². The lowest BCUT2D eigenvalue weighted by molar-refractivity contribution is 0.0669. The zero-order valence-electron chi connectivity index (χ0n) is 16.5. The van der Waals surface area contributed by atoms with Gasteiger partial charge >= 0.3 is 0 Å². The number of hydrogen-bond donors (Lipinski definition) is 0. The first-order valence-corrected chi connectivity index (χ1v) is 9.81. The van der Waals surface area contributed by atoms with Crippen LogP contribution < -0.4 is 4.74 Å². The van der Waals surface area contributed by atoms with Gasteiger partial charge in [-0.1, -0.05) is 12.1 Å². The number of rotatable bonds is 5. The summed E-state index contributed by atoms with van der Waals surface area (Å²) in [5.41, 5.74) is 2.40. The van der Waals surface area contributed by atoms with Crippen molar-refractivity contribution in [3.05, 3.63) is 59.6 Å². The molecule has 8 nitrogen and oxygen atoms in total. The highest BCUT2D eigenvalue weighted by Gasteiger charge is 2.29. The Morgan fingerprint density at radius 2 is 2.00 bits per heavy atom. The largest absolute Gasteiger partial charge is 0.435 e. The molecule has 4 heterocycles. The molecule has 29 heavy (non-hydrogen) atoms. The molecule has 8 heteroatoms. The number of carbonyl (C=O) groups is 1. The van der Waals surface area contributed by atoms with E-state index in [-0.39, 0.29) is 11.8 Å². The first kappa shape index (κ1) is 19.0. The Labute approximate surface area is 168 Å². The Bertz CT molecular complexity index is 995. The second kappa shape index (κ2) is 8.38. The normalized spacial score (nSPS) is 14.8. The summed E-state index contributed by atoms with van der Waals surface area (Å²) >= 11 is 0. The van der Waals surface area contributed by atoms with Gasteiger partial charge < -0.3 is 14.2 Å². The molecule has 0 bridgehead atoms. The van der Waals surface area contributed by atoms with E-state index in [9.17, 15) is 4.79 Å². The Morgan fingerprint density at radius 1 is 1.21 bits per heavy atom. The molecule has 1 aliphatic rings. The van der Waals surface area contributed by atoms with Crippen molar-refractivity contribution in [2.75, 3.05) is 13.1 Å². The molecule has 1 aliphatic heterocycles. The summed E-state index contributed by atoms with van der Waals surface area (Å²) in [5, 5.41) is 3.91. The Balaban J connectivity index is 1.45. The van der Waals surface area contributed by atoms with Crippen LogP contribution in [0, 0.1) is 6.92 Å². The van der Waals surface area contributed by atoms with Gasteiger partial charge in [0.2, 0.25) is 11.6 Å². The summed E-state index contributed by atoms with van der Waals surface area (Å²) in [6, 6.07) is 5.42. The summed E-state index contributed by atoms with van der Waals surface area (Å²) in [6.07, 6.45) is 7.33. The van der Waals surface area contributed by atoms with Crippen LogP contribution in [0.4, 0.5) is 0 Å². The number of likely N-dealkylation sites (tertiary alicyclic amines) is 1. The molecule has 1 saturated heterocycles. The molecule has 0 radical (unpaired) electrons. The second-order valence-corrected chi connectivity index (χ2v) is 7.04. The standard InChI is InChI=1S/C21H23N5O3/c1-3-16-13-18(29-25-16)21(27)26-11-6-15(7-12-26)19-20(24-10-9-23-19)28-17-5-4-8-22-14(17)2/h4-5,8-10,13,15H,3,6-7,11-12H2,1-2H3. The second-order valence-electron chi connectivity index (χ2n) is 7.04. The Kier molecular flexibility index (Phi) is 5.50. The van der Waals surface area contributed by atoms with Crippen LogP contribution in [0.25, 0.3) is 0 Å². The van der Waals surface area contributed by atoms with E-state index in [2.05, 4.69) is 20.1 Å². The van der Waals surface area contributed by atoms with E-state index in [0.29, 0.717) is 30.5 Å². The third-order valence-electron chi connectivity index (χ3n) is 5.16. The summed E-state index contributed by atoms with van der Waals surface area (Å²) in [6.45, 7) is 5.11. The minimum Gasteiger partial charge on any atom is -0.435 e. The molecule has 3 aromatic rings. The zero-order chi connectivity index (χ0) is 20.2. The topological polar surface area (TPSA) is 94.2 Å². The number of hydrogen-bond acceptors (Lipinski definition) is 7. The molecule has 1 amide bonds.